The van der Waals surface area contributed by atoms with Crippen LogP contribution in [0.2, 0.25) is 0 Å². The van der Waals surface area contributed by atoms with E-state index in [1.165, 1.54) is 27.4 Å². The van der Waals surface area contributed by atoms with Gasteiger partial charge in [-0.15, -0.1) is 0 Å². The predicted molar refractivity (Wildman–Crippen MR) is 73.2 cm³/mol. The second-order valence-corrected chi connectivity index (χ2v) is 4.73. The molecule has 0 saturated heterocycles. The van der Waals surface area contributed by atoms with Crippen molar-refractivity contribution in [3.05, 3.63) is 48.0 Å². The van der Waals surface area contributed by atoms with Crippen LogP contribution >= 0.6 is 0 Å². The lowest BCUT2D eigenvalue weighted by molar-refractivity contribution is 0.739. The van der Waals surface area contributed by atoms with Crippen LogP contribution in [-0.2, 0) is 6.42 Å². The fourth-order valence-corrected chi connectivity index (χ4v) is 2.39. The number of benzene rings is 2. The molecule has 0 bridgehead atoms. The smallest absolute Gasteiger partial charge is 0.0465 e. The van der Waals surface area contributed by atoms with Gasteiger partial charge in [-0.2, -0.15) is 0 Å². The first-order chi connectivity index (χ1) is 8.24. The molecule has 0 radical (unpaired) electrons. The van der Waals surface area contributed by atoms with Gasteiger partial charge in [0.15, 0.2) is 0 Å². The molecule has 3 aromatic rings. The Morgan fingerprint density at radius 3 is 2.65 bits per heavy atom. The highest BCUT2D eigenvalue weighted by atomic mass is 14.7. The molecule has 0 saturated carbocycles. The lowest BCUT2D eigenvalue weighted by atomic mass is 10.0. The first-order valence-electron chi connectivity index (χ1n) is 5.99. The Balaban J connectivity index is 2.23. The van der Waals surface area contributed by atoms with E-state index >= 15 is 0 Å². The highest BCUT2D eigenvalue weighted by molar-refractivity contribution is 6.07. The van der Waals surface area contributed by atoms with E-state index in [4.69, 9.17) is 5.73 Å². The largest absolute Gasteiger partial charge is 0.355 e. The van der Waals surface area contributed by atoms with E-state index in [0.717, 1.165) is 6.42 Å². The number of aromatic amines is 1. The van der Waals surface area contributed by atoms with E-state index in [2.05, 4.69) is 47.4 Å². The molecular formula is C15H16N2. The summed E-state index contributed by atoms with van der Waals surface area (Å²) in [5.41, 5.74) is 9.54. The van der Waals surface area contributed by atoms with Crippen molar-refractivity contribution in [3.8, 4) is 0 Å². The molecular weight excluding hydrogens is 208 g/mol. The summed E-state index contributed by atoms with van der Waals surface area (Å²) in [7, 11) is 0. The van der Waals surface area contributed by atoms with Gasteiger partial charge in [-0.05, 0) is 37.1 Å². The molecule has 2 aromatic carbocycles. The first-order valence-corrected chi connectivity index (χ1v) is 5.99. The van der Waals surface area contributed by atoms with Gasteiger partial charge in [-0.3, -0.25) is 0 Å². The number of aromatic nitrogens is 1. The maximum Gasteiger partial charge on any atom is 0.0465 e. The molecule has 0 aliphatic carbocycles. The van der Waals surface area contributed by atoms with Gasteiger partial charge in [0.2, 0.25) is 0 Å². The van der Waals surface area contributed by atoms with Crippen LogP contribution in [0.1, 0.15) is 12.5 Å². The van der Waals surface area contributed by atoms with Crippen molar-refractivity contribution in [2.75, 3.05) is 0 Å². The summed E-state index contributed by atoms with van der Waals surface area (Å²) in [6.07, 6.45) is 0.926. The third kappa shape index (κ3) is 1.81. The Kier molecular flexibility index (Phi) is 2.37. The fraction of sp³-hybridized carbons (Fsp3) is 0.200. The molecule has 0 spiro atoms. The molecule has 0 aliphatic heterocycles. The Labute approximate surface area is 100 Å². The number of fused-ring (bicyclic) bond motifs is 3. The minimum Gasteiger partial charge on any atom is -0.355 e. The number of rotatable bonds is 2. The summed E-state index contributed by atoms with van der Waals surface area (Å²) in [6.45, 7) is 2.04. The zero-order chi connectivity index (χ0) is 11.8. The third-order valence-corrected chi connectivity index (χ3v) is 3.13. The molecule has 2 nitrogen and oxygen atoms in total. The SMILES string of the molecule is CC(N)Cc1ccc2[nH]c3ccccc3c2c1. The summed E-state index contributed by atoms with van der Waals surface area (Å²) in [4.78, 5) is 3.43. The van der Waals surface area contributed by atoms with Crippen LogP contribution in [0.25, 0.3) is 21.8 Å². The van der Waals surface area contributed by atoms with Crippen LogP contribution in [-0.4, -0.2) is 11.0 Å². The van der Waals surface area contributed by atoms with E-state index in [-0.39, 0.29) is 6.04 Å². The molecule has 3 rings (SSSR count). The predicted octanol–water partition coefficient (Wildman–Crippen LogP) is 3.21. The zero-order valence-corrected chi connectivity index (χ0v) is 9.90. The second kappa shape index (κ2) is 3.90. The molecule has 3 N–H and O–H groups in total. The number of hydrogen-bond donors (Lipinski definition) is 2. The van der Waals surface area contributed by atoms with Gasteiger partial charge >= 0.3 is 0 Å². The Morgan fingerprint density at radius 2 is 1.82 bits per heavy atom. The number of H-pyrrole nitrogens is 1. The molecule has 2 heteroatoms. The summed E-state index contributed by atoms with van der Waals surface area (Å²) in [5, 5.41) is 2.58. The van der Waals surface area contributed by atoms with Gasteiger partial charge in [-0.25, -0.2) is 0 Å². The van der Waals surface area contributed by atoms with Gasteiger partial charge < -0.3 is 10.7 Å². The maximum atomic E-state index is 5.85. The Morgan fingerprint density at radius 1 is 1.06 bits per heavy atom. The van der Waals surface area contributed by atoms with Crippen molar-refractivity contribution in [1.82, 2.24) is 4.98 Å². The second-order valence-electron chi connectivity index (χ2n) is 4.73. The van der Waals surface area contributed by atoms with E-state index in [9.17, 15) is 0 Å². The standard InChI is InChI=1S/C15H16N2/c1-10(16)8-11-6-7-15-13(9-11)12-4-2-3-5-14(12)17-15/h2-7,9-10,17H,8,16H2,1H3. The van der Waals surface area contributed by atoms with Gasteiger partial charge in [0, 0.05) is 27.8 Å². The van der Waals surface area contributed by atoms with Crippen molar-refractivity contribution in [1.29, 1.82) is 0 Å². The van der Waals surface area contributed by atoms with Crippen molar-refractivity contribution >= 4 is 21.8 Å². The van der Waals surface area contributed by atoms with E-state index in [1.54, 1.807) is 0 Å². The number of nitrogens with one attached hydrogen (secondary N) is 1. The van der Waals surface area contributed by atoms with Gasteiger partial charge in [0.05, 0.1) is 0 Å². The Bertz CT molecular complexity index is 665. The van der Waals surface area contributed by atoms with Gasteiger partial charge in [0.25, 0.3) is 0 Å². The number of para-hydroxylation sites is 1. The first kappa shape index (κ1) is 10.4. The molecule has 1 unspecified atom stereocenters. The van der Waals surface area contributed by atoms with Crippen LogP contribution in [0.4, 0.5) is 0 Å². The molecule has 86 valence electrons. The molecule has 0 aliphatic rings. The lowest BCUT2D eigenvalue weighted by Crippen LogP contribution is -2.17. The highest BCUT2D eigenvalue weighted by Gasteiger charge is 2.05. The minimum atomic E-state index is 0.206. The van der Waals surface area contributed by atoms with Crippen LogP contribution in [0, 0.1) is 0 Å². The van der Waals surface area contributed by atoms with Gasteiger partial charge in [-0.1, -0.05) is 24.3 Å². The molecule has 1 aromatic heterocycles. The van der Waals surface area contributed by atoms with Crippen molar-refractivity contribution in [2.24, 2.45) is 5.73 Å². The zero-order valence-electron chi connectivity index (χ0n) is 9.90. The van der Waals surface area contributed by atoms with E-state index in [1.807, 2.05) is 6.92 Å². The minimum absolute atomic E-state index is 0.206. The fourth-order valence-electron chi connectivity index (χ4n) is 2.39. The quantitative estimate of drug-likeness (QED) is 0.689. The molecule has 1 heterocycles. The van der Waals surface area contributed by atoms with Gasteiger partial charge in [0.1, 0.15) is 0 Å². The molecule has 0 fully saturated rings. The van der Waals surface area contributed by atoms with Crippen LogP contribution < -0.4 is 5.73 Å². The third-order valence-electron chi connectivity index (χ3n) is 3.13. The normalized spacial score (nSPS) is 13.3. The Hall–Kier alpha value is -1.80. The van der Waals surface area contributed by atoms with Crippen LogP contribution in [0.5, 0.6) is 0 Å². The van der Waals surface area contributed by atoms with Crippen molar-refractivity contribution in [2.45, 2.75) is 19.4 Å². The topological polar surface area (TPSA) is 41.8 Å². The van der Waals surface area contributed by atoms with Crippen molar-refractivity contribution < 1.29 is 0 Å². The average molecular weight is 224 g/mol. The molecule has 1 atom stereocenters. The summed E-state index contributed by atoms with van der Waals surface area (Å²) in [6, 6.07) is 15.2. The summed E-state index contributed by atoms with van der Waals surface area (Å²) in [5.74, 6) is 0. The van der Waals surface area contributed by atoms with E-state index in [0.29, 0.717) is 0 Å². The van der Waals surface area contributed by atoms with E-state index < -0.39 is 0 Å². The summed E-state index contributed by atoms with van der Waals surface area (Å²) >= 11 is 0. The maximum absolute atomic E-state index is 5.85. The summed E-state index contributed by atoms with van der Waals surface area (Å²) < 4.78 is 0. The number of nitrogens with two attached hydrogens (primary N) is 1. The van der Waals surface area contributed by atoms with Crippen LogP contribution in [0.15, 0.2) is 42.5 Å². The lowest BCUT2D eigenvalue weighted by Gasteiger charge is -2.04. The van der Waals surface area contributed by atoms with Crippen molar-refractivity contribution in [3.63, 3.8) is 0 Å². The molecule has 0 amide bonds. The molecule has 17 heavy (non-hydrogen) atoms. The highest BCUT2D eigenvalue weighted by Crippen LogP contribution is 2.26. The van der Waals surface area contributed by atoms with Crippen LogP contribution in [0.3, 0.4) is 0 Å². The average Bonchev–Trinajstić information content (AvgIpc) is 2.66. The number of hydrogen-bond acceptors (Lipinski definition) is 1. The monoisotopic (exact) mass is 224 g/mol.